The zero-order valence-electron chi connectivity index (χ0n) is 11.8. The number of nitrogens with one attached hydrogen (secondary N) is 1. The zero-order chi connectivity index (χ0) is 15.5. The number of benzene rings is 1. The molecule has 1 aromatic heterocycles. The first-order chi connectivity index (χ1) is 9.94. The third-order valence-corrected chi connectivity index (χ3v) is 4.37. The molecule has 2 aromatic rings. The van der Waals surface area contributed by atoms with Gasteiger partial charge in [0.1, 0.15) is 5.82 Å². The summed E-state index contributed by atoms with van der Waals surface area (Å²) < 4.78 is 28.9. The Morgan fingerprint density at radius 3 is 2.76 bits per heavy atom. The summed E-state index contributed by atoms with van der Waals surface area (Å²) >= 11 is 0. The number of nitrogens with zero attached hydrogens (tertiary/aromatic N) is 2. The standard InChI is InChI=1S/C14H16N4O2S/c1-11-5-6-12(4-3-8-15)10-13(11)21(19,20)17-14-7-9-16-18(14)2/h5-7,9-10,17H,8,15H2,1-2H3. The molecule has 0 aliphatic carbocycles. The van der Waals surface area contributed by atoms with Gasteiger partial charge in [0.25, 0.3) is 10.0 Å². The molecule has 1 aromatic carbocycles. The van der Waals surface area contributed by atoms with Crippen molar-refractivity contribution in [3.8, 4) is 11.8 Å². The molecule has 2 rings (SSSR count). The topological polar surface area (TPSA) is 90.0 Å². The number of hydrogen-bond donors (Lipinski definition) is 2. The summed E-state index contributed by atoms with van der Waals surface area (Å²) in [7, 11) is -2.03. The molecule has 3 N–H and O–H groups in total. The second-order valence-electron chi connectivity index (χ2n) is 4.43. The molecule has 0 fully saturated rings. The SMILES string of the molecule is Cc1ccc(C#CCN)cc1S(=O)(=O)Nc1ccnn1C. The van der Waals surface area contributed by atoms with Crippen molar-refractivity contribution < 1.29 is 8.42 Å². The van der Waals surface area contributed by atoms with Crippen molar-refractivity contribution in [3.05, 3.63) is 41.6 Å². The van der Waals surface area contributed by atoms with Gasteiger partial charge in [-0.2, -0.15) is 5.10 Å². The Bertz CT molecular complexity index is 813. The van der Waals surface area contributed by atoms with Crippen LogP contribution in [0.15, 0.2) is 35.4 Å². The highest BCUT2D eigenvalue weighted by Gasteiger charge is 2.18. The van der Waals surface area contributed by atoms with Crippen LogP contribution < -0.4 is 10.5 Å². The van der Waals surface area contributed by atoms with Crippen LogP contribution in [0.4, 0.5) is 5.82 Å². The lowest BCUT2D eigenvalue weighted by atomic mass is 10.1. The minimum atomic E-state index is -3.69. The summed E-state index contributed by atoms with van der Waals surface area (Å²) in [6, 6.07) is 6.61. The van der Waals surface area contributed by atoms with Crippen LogP contribution in [0.1, 0.15) is 11.1 Å². The fourth-order valence-corrected chi connectivity index (χ4v) is 3.15. The van der Waals surface area contributed by atoms with E-state index in [1.54, 1.807) is 32.2 Å². The maximum absolute atomic E-state index is 12.5. The van der Waals surface area contributed by atoms with E-state index in [4.69, 9.17) is 5.73 Å². The average Bonchev–Trinajstić information content (AvgIpc) is 2.82. The van der Waals surface area contributed by atoms with Gasteiger partial charge in [0.2, 0.25) is 0 Å². The molecule has 0 spiro atoms. The molecule has 0 saturated heterocycles. The van der Waals surface area contributed by atoms with Crippen LogP contribution in [0.5, 0.6) is 0 Å². The van der Waals surface area contributed by atoms with Gasteiger partial charge in [0.15, 0.2) is 0 Å². The van der Waals surface area contributed by atoms with E-state index in [0.717, 1.165) is 0 Å². The third-order valence-electron chi connectivity index (χ3n) is 2.87. The van der Waals surface area contributed by atoms with E-state index in [9.17, 15) is 8.42 Å². The lowest BCUT2D eigenvalue weighted by molar-refractivity contribution is 0.599. The first-order valence-electron chi connectivity index (χ1n) is 6.24. The molecule has 6 nitrogen and oxygen atoms in total. The Morgan fingerprint density at radius 2 is 2.14 bits per heavy atom. The molecule has 21 heavy (non-hydrogen) atoms. The molecule has 0 aliphatic heterocycles. The maximum atomic E-state index is 12.5. The Labute approximate surface area is 124 Å². The maximum Gasteiger partial charge on any atom is 0.263 e. The van der Waals surface area contributed by atoms with Crippen LogP contribution in [0.2, 0.25) is 0 Å². The molecule has 0 atom stereocenters. The monoisotopic (exact) mass is 304 g/mol. The van der Waals surface area contributed by atoms with Gasteiger partial charge in [-0.25, -0.2) is 8.42 Å². The molecule has 0 radical (unpaired) electrons. The normalized spacial score (nSPS) is 10.8. The molecular weight excluding hydrogens is 288 g/mol. The Kier molecular flexibility index (Phi) is 4.31. The molecule has 110 valence electrons. The summed E-state index contributed by atoms with van der Waals surface area (Å²) in [5.74, 6) is 5.93. The van der Waals surface area contributed by atoms with Crippen molar-refractivity contribution in [2.45, 2.75) is 11.8 Å². The summed E-state index contributed by atoms with van der Waals surface area (Å²) in [6.07, 6.45) is 1.52. The van der Waals surface area contributed by atoms with Gasteiger partial charge < -0.3 is 5.73 Å². The fraction of sp³-hybridized carbons (Fsp3) is 0.214. The van der Waals surface area contributed by atoms with Gasteiger partial charge in [-0.3, -0.25) is 9.40 Å². The highest BCUT2D eigenvalue weighted by atomic mass is 32.2. The van der Waals surface area contributed by atoms with Crippen LogP contribution in [-0.2, 0) is 17.1 Å². The Balaban J connectivity index is 2.42. The molecule has 1 heterocycles. The number of rotatable bonds is 3. The minimum Gasteiger partial charge on any atom is -0.320 e. The lowest BCUT2D eigenvalue weighted by Gasteiger charge is -2.10. The third kappa shape index (κ3) is 3.42. The number of aryl methyl sites for hydroxylation is 2. The van der Waals surface area contributed by atoms with E-state index in [-0.39, 0.29) is 11.4 Å². The van der Waals surface area contributed by atoms with E-state index in [1.807, 2.05) is 0 Å². The smallest absolute Gasteiger partial charge is 0.263 e. The first kappa shape index (κ1) is 15.1. The van der Waals surface area contributed by atoms with Crippen molar-refractivity contribution >= 4 is 15.8 Å². The molecule has 0 amide bonds. The van der Waals surface area contributed by atoms with Gasteiger partial charge in [0, 0.05) is 18.7 Å². The largest absolute Gasteiger partial charge is 0.320 e. The minimum absolute atomic E-state index is 0.188. The van der Waals surface area contributed by atoms with Gasteiger partial charge in [-0.15, -0.1) is 0 Å². The van der Waals surface area contributed by atoms with Crippen molar-refractivity contribution in [1.29, 1.82) is 0 Å². The van der Waals surface area contributed by atoms with Crippen molar-refractivity contribution in [1.82, 2.24) is 9.78 Å². The number of hydrogen-bond acceptors (Lipinski definition) is 4. The Morgan fingerprint density at radius 1 is 1.38 bits per heavy atom. The van der Waals surface area contributed by atoms with E-state index in [1.165, 1.54) is 16.9 Å². The van der Waals surface area contributed by atoms with Gasteiger partial charge >= 0.3 is 0 Å². The van der Waals surface area contributed by atoms with Crippen molar-refractivity contribution in [2.24, 2.45) is 12.8 Å². The highest BCUT2D eigenvalue weighted by Crippen LogP contribution is 2.20. The van der Waals surface area contributed by atoms with E-state index < -0.39 is 10.0 Å². The van der Waals surface area contributed by atoms with Crippen molar-refractivity contribution in [2.75, 3.05) is 11.3 Å². The number of anilines is 1. The lowest BCUT2D eigenvalue weighted by Crippen LogP contribution is -2.16. The molecule has 0 saturated carbocycles. The fourth-order valence-electron chi connectivity index (χ4n) is 1.79. The predicted molar refractivity (Wildman–Crippen MR) is 81.1 cm³/mol. The van der Waals surface area contributed by atoms with Gasteiger partial charge in [-0.05, 0) is 24.6 Å². The van der Waals surface area contributed by atoms with Gasteiger partial charge in [-0.1, -0.05) is 17.9 Å². The second-order valence-corrected chi connectivity index (χ2v) is 6.08. The predicted octanol–water partition coefficient (Wildman–Crippen LogP) is 0.840. The molecule has 0 unspecified atom stereocenters. The summed E-state index contributed by atoms with van der Waals surface area (Å²) in [4.78, 5) is 0.188. The molecule has 0 aliphatic rings. The van der Waals surface area contributed by atoms with Crippen LogP contribution in [0.25, 0.3) is 0 Å². The Hall–Kier alpha value is -2.30. The first-order valence-corrected chi connectivity index (χ1v) is 7.73. The summed E-state index contributed by atoms with van der Waals surface area (Å²) in [6.45, 7) is 1.96. The molecule has 0 bridgehead atoms. The van der Waals surface area contributed by atoms with Crippen LogP contribution >= 0.6 is 0 Å². The summed E-state index contributed by atoms with van der Waals surface area (Å²) in [5, 5.41) is 3.93. The van der Waals surface area contributed by atoms with Crippen LogP contribution in [0.3, 0.4) is 0 Å². The highest BCUT2D eigenvalue weighted by molar-refractivity contribution is 7.92. The quantitative estimate of drug-likeness (QED) is 0.822. The van der Waals surface area contributed by atoms with E-state index >= 15 is 0 Å². The zero-order valence-corrected chi connectivity index (χ0v) is 12.6. The van der Waals surface area contributed by atoms with Gasteiger partial charge in [0.05, 0.1) is 17.6 Å². The van der Waals surface area contributed by atoms with Crippen LogP contribution in [-0.4, -0.2) is 24.7 Å². The second kappa shape index (κ2) is 5.99. The number of nitrogens with two attached hydrogens (primary N) is 1. The van der Waals surface area contributed by atoms with E-state index in [2.05, 4.69) is 21.7 Å². The average molecular weight is 304 g/mol. The number of sulfonamides is 1. The summed E-state index contributed by atoms with van der Waals surface area (Å²) in [5.41, 5.74) is 6.57. The molecule has 7 heteroatoms. The number of aromatic nitrogens is 2. The van der Waals surface area contributed by atoms with E-state index in [0.29, 0.717) is 16.9 Å². The van der Waals surface area contributed by atoms with Crippen LogP contribution in [0, 0.1) is 18.8 Å². The van der Waals surface area contributed by atoms with Crippen molar-refractivity contribution in [3.63, 3.8) is 0 Å². The molecular formula is C14H16N4O2S.